The Kier molecular flexibility index (Phi) is 5.37. The van der Waals surface area contributed by atoms with Crippen LogP contribution in [0.25, 0.3) is 0 Å². The monoisotopic (exact) mass is 284 g/mol. The van der Waals surface area contributed by atoms with E-state index < -0.39 is 11.4 Å². The van der Waals surface area contributed by atoms with Crippen LogP contribution in [-0.4, -0.2) is 49.3 Å². The Balaban J connectivity index is 1.70. The third-order valence-electron chi connectivity index (χ3n) is 4.37. The van der Waals surface area contributed by atoms with E-state index in [0.717, 1.165) is 38.8 Å². The van der Waals surface area contributed by atoms with E-state index in [1.165, 1.54) is 0 Å². The van der Waals surface area contributed by atoms with Crippen molar-refractivity contribution in [2.75, 3.05) is 26.2 Å². The second kappa shape index (κ2) is 7.04. The number of piperidine rings is 1. The van der Waals surface area contributed by atoms with Crippen molar-refractivity contribution in [3.8, 4) is 0 Å². The van der Waals surface area contributed by atoms with Crippen LogP contribution in [0.1, 0.15) is 38.5 Å². The fourth-order valence-electron chi connectivity index (χ4n) is 2.99. The van der Waals surface area contributed by atoms with E-state index in [4.69, 9.17) is 4.74 Å². The van der Waals surface area contributed by atoms with E-state index in [2.05, 4.69) is 10.6 Å². The molecule has 114 valence electrons. The first-order chi connectivity index (χ1) is 9.62. The Morgan fingerprint density at radius 1 is 1.25 bits per heavy atom. The van der Waals surface area contributed by atoms with Gasteiger partial charge in [-0.2, -0.15) is 0 Å². The molecule has 0 radical (unpaired) electrons. The second-order valence-electron chi connectivity index (χ2n) is 5.83. The normalized spacial score (nSPS) is 22.6. The smallest absolute Gasteiger partial charge is 0.311 e. The van der Waals surface area contributed by atoms with Gasteiger partial charge in [-0.15, -0.1) is 0 Å². The van der Waals surface area contributed by atoms with Crippen LogP contribution in [0.3, 0.4) is 0 Å². The largest absolute Gasteiger partial charge is 0.481 e. The van der Waals surface area contributed by atoms with Crippen LogP contribution in [-0.2, 0) is 14.3 Å². The zero-order valence-electron chi connectivity index (χ0n) is 11.8. The lowest BCUT2D eigenvalue weighted by Gasteiger charge is -2.25. The van der Waals surface area contributed by atoms with Gasteiger partial charge in [0.15, 0.2) is 0 Å². The predicted molar refractivity (Wildman–Crippen MR) is 73.4 cm³/mol. The van der Waals surface area contributed by atoms with Gasteiger partial charge in [-0.05, 0) is 38.8 Å². The van der Waals surface area contributed by atoms with Gasteiger partial charge in [0, 0.05) is 6.54 Å². The minimum absolute atomic E-state index is 0.0281. The van der Waals surface area contributed by atoms with Crippen molar-refractivity contribution in [2.24, 2.45) is 5.41 Å². The molecular formula is C14H24N2O4. The van der Waals surface area contributed by atoms with E-state index >= 15 is 0 Å². The van der Waals surface area contributed by atoms with Gasteiger partial charge in [0.2, 0.25) is 5.91 Å². The number of hydrogen-bond donors (Lipinski definition) is 3. The molecule has 0 unspecified atom stereocenters. The van der Waals surface area contributed by atoms with Crippen LogP contribution in [0.2, 0.25) is 0 Å². The Hall–Kier alpha value is -1.14. The number of nitrogens with one attached hydrogen (secondary N) is 2. The summed E-state index contributed by atoms with van der Waals surface area (Å²) in [6, 6.07) is 0. The molecule has 1 saturated heterocycles. The van der Waals surface area contributed by atoms with Gasteiger partial charge in [-0.25, -0.2) is 0 Å². The molecule has 1 heterocycles. The molecule has 1 aliphatic heterocycles. The fourth-order valence-corrected chi connectivity index (χ4v) is 2.99. The summed E-state index contributed by atoms with van der Waals surface area (Å²) in [5.74, 6) is -1.01. The molecule has 0 bridgehead atoms. The fraction of sp³-hybridized carbons (Fsp3) is 0.857. The highest BCUT2D eigenvalue weighted by molar-refractivity contribution is 5.80. The summed E-state index contributed by atoms with van der Waals surface area (Å²) in [7, 11) is 0. The minimum Gasteiger partial charge on any atom is -0.481 e. The third kappa shape index (κ3) is 3.93. The van der Waals surface area contributed by atoms with Crippen molar-refractivity contribution in [1.82, 2.24) is 10.6 Å². The van der Waals surface area contributed by atoms with Crippen molar-refractivity contribution in [3.05, 3.63) is 0 Å². The van der Waals surface area contributed by atoms with Gasteiger partial charge in [0.05, 0.1) is 11.5 Å². The molecule has 0 aromatic carbocycles. The molecule has 0 spiro atoms. The summed E-state index contributed by atoms with van der Waals surface area (Å²) in [6.07, 6.45) is 5.14. The number of carboxylic acids is 1. The number of carbonyl (C=O) groups is 2. The lowest BCUT2D eigenvalue weighted by atomic mass is 9.86. The highest BCUT2D eigenvalue weighted by Gasteiger charge is 2.41. The van der Waals surface area contributed by atoms with Crippen molar-refractivity contribution < 1.29 is 19.4 Å². The van der Waals surface area contributed by atoms with E-state index in [1.54, 1.807) is 0 Å². The number of ether oxygens (including phenoxy) is 1. The molecule has 0 atom stereocenters. The molecule has 2 fully saturated rings. The Bertz CT molecular complexity index is 347. The average molecular weight is 284 g/mol. The lowest BCUT2D eigenvalue weighted by molar-refractivity contribution is -0.148. The molecule has 1 saturated carbocycles. The van der Waals surface area contributed by atoms with Crippen molar-refractivity contribution in [3.63, 3.8) is 0 Å². The molecule has 0 aromatic heterocycles. The molecule has 2 aliphatic rings. The van der Waals surface area contributed by atoms with Gasteiger partial charge in [0.25, 0.3) is 0 Å². The quantitative estimate of drug-likeness (QED) is 0.662. The lowest BCUT2D eigenvalue weighted by Crippen LogP contribution is -2.43. The molecule has 20 heavy (non-hydrogen) atoms. The van der Waals surface area contributed by atoms with Crippen molar-refractivity contribution >= 4 is 11.9 Å². The highest BCUT2D eigenvalue weighted by atomic mass is 16.5. The number of aliphatic carboxylic acids is 1. The number of hydrogen-bond acceptors (Lipinski definition) is 4. The number of carboxylic acid groups (broad SMARTS) is 1. The van der Waals surface area contributed by atoms with Gasteiger partial charge in [-0.1, -0.05) is 12.8 Å². The van der Waals surface area contributed by atoms with Gasteiger partial charge >= 0.3 is 5.97 Å². The number of amides is 1. The van der Waals surface area contributed by atoms with Crippen LogP contribution in [0.5, 0.6) is 0 Å². The van der Waals surface area contributed by atoms with E-state index in [9.17, 15) is 14.7 Å². The second-order valence-corrected chi connectivity index (χ2v) is 5.83. The maximum Gasteiger partial charge on any atom is 0.311 e. The molecular weight excluding hydrogens is 260 g/mol. The summed E-state index contributed by atoms with van der Waals surface area (Å²) in [4.78, 5) is 23.1. The topological polar surface area (TPSA) is 87.7 Å². The van der Waals surface area contributed by atoms with E-state index in [1.807, 2.05) is 0 Å². The highest BCUT2D eigenvalue weighted by Crippen LogP contribution is 2.37. The van der Waals surface area contributed by atoms with E-state index in [-0.39, 0.29) is 25.2 Å². The first-order valence-electron chi connectivity index (χ1n) is 7.45. The summed E-state index contributed by atoms with van der Waals surface area (Å²) >= 11 is 0. The molecule has 1 aliphatic carbocycles. The Morgan fingerprint density at radius 2 is 1.90 bits per heavy atom. The zero-order valence-corrected chi connectivity index (χ0v) is 11.8. The average Bonchev–Trinajstić information content (AvgIpc) is 2.94. The standard InChI is InChI=1S/C14H24N2O4/c17-12(9-20-11-3-7-15-8-4-11)16-10-14(13(18)19)5-1-2-6-14/h11,15H,1-10H2,(H,16,17)(H,18,19). The van der Waals surface area contributed by atoms with Gasteiger partial charge < -0.3 is 20.5 Å². The first kappa shape index (κ1) is 15.3. The predicted octanol–water partition coefficient (Wildman–Crippen LogP) is 0.516. The zero-order chi connectivity index (χ0) is 14.4. The molecule has 6 nitrogen and oxygen atoms in total. The Morgan fingerprint density at radius 3 is 2.50 bits per heavy atom. The van der Waals surface area contributed by atoms with Crippen molar-refractivity contribution in [2.45, 2.75) is 44.6 Å². The summed E-state index contributed by atoms with van der Waals surface area (Å²) in [5, 5.41) is 15.3. The van der Waals surface area contributed by atoms with Gasteiger partial charge in [0.1, 0.15) is 6.61 Å². The van der Waals surface area contributed by atoms with Crippen LogP contribution in [0.15, 0.2) is 0 Å². The molecule has 3 N–H and O–H groups in total. The van der Waals surface area contributed by atoms with Crippen LogP contribution in [0, 0.1) is 5.41 Å². The number of carbonyl (C=O) groups excluding carboxylic acids is 1. The van der Waals surface area contributed by atoms with Gasteiger partial charge in [-0.3, -0.25) is 9.59 Å². The maximum atomic E-state index is 11.8. The summed E-state index contributed by atoms with van der Waals surface area (Å²) in [6.45, 7) is 2.10. The first-order valence-corrected chi connectivity index (χ1v) is 7.45. The molecule has 0 aromatic rings. The molecule has 2 rings (SSSR count). The Labute approximate surface area is 119 Å². The minimum atomic E-state index is -0.797. The third-order valence-corrected chi connectivity index (χ3v) is 4.37. The summed E-state index contributed by atoms with van der Waals surface area (Å²) in [5.41, 5.74) is -0.760. The number of rotatable bonds is 6. The van der Waals surface area contributed by atoms with Crippen molar-refractivity contribution in [1.29, 1.82) is 0 Å². The molecule has 1 amide bonds. The van der Waals surface area contributed by atoms with Crippen LogP contribution in [0.4, 0.5) is 0 Å². The SMILES string of the molecule is O=C(COC1CCNCC1)NCC1(C(=O)O)CCCC1. The van der Waals surface area contributed by atoms with Crippen LogP contribution < -0.4 is 10.6 Å². The van der Waals surface area contributed by atoms with Crippen LogP contribution >= 0.6 is 0 Å². The summed E-state index contributed by atoms with van der Waals surface area (Å²) < 4.78 is 5.55. The van der Waals surface area contributed by atoms with E-state index in [0.29, 0.717) is 12.8 Å². The maximum absolute atomic E-state index is 11.8. The molecule has 6 heteroatoms.